The highest BCUT2D eigenvalue weighted by molar-refractivity contribution is 7.89. The van der Waals surface area contributed by atoms with Gasteiger partial charge >= 0.3 is 0 Å². The van der Waals surface area contributed by atoms with Gasteiger partial charge < -0.3 is 9.73 Å². The minimum absolute atomic E-state index is 0.0101. The van der Waals surface area contributed by atoms with Gasteiger partial charge in [0.25, 0.3) is 0 Å². The Bertz CT molecular complexity index is 697. The third kappa shape index (κ3) is 4.27. The van der Waals surface area contributed by atoms with Gasteiger partial charge in [0.05, 0.1) is 17.6 Å². The van der Waals surface area contributed by atoms with Crippen molar-refractivity contribution in [2.45, 2.75) is 31.7 Å². The smallest absolute Gasteiger partial charge is 0.241 e. The Kier molecular flexibility index (Phi) is 4.92. The SMILES string of the molecule is CCCNc1cc(S(=O)(=O)NCc2ncc(C)o2)ccn1. The van der Waals surface area contributed by atoms with E-state index in [-0.39, 0.29) is 11.4 Å². The minimum Gasteiger partial charge on any atom is -0.445 e. The molecule has 0 spiro atoms. The molecule has 2 N–H and O–H groups in total. The van der Waals surface area contributed by atoms with Gasteiger partial charge in [-0.05, 0) is 19.4 Å². The van der Waals surface area contributed by atoms with E-state index in [0.29, 0.717) is 17.5 Å². The molecule has 0 aliphatic heterocycles. The summed E-state index contributed by atoms with van der Waals surface area (Å²) in [4.78, 5) is 8.18. The number of nitrogens with one attached hydrogen (secondary N) is 2. The van der Waals surface area contributed by atoms with Gasteiger partial charge in [-0.3, -0.25) is 0 Å². The van der Waals surface area contributed by atoms with Gasteiger partial charge in [-0.25, -0.2) is 23.1 Å². The molecule has 2 rings (SSSR count). The predicted molar refractivity (Wildman–Crippen MR) is 78.3 cm³/mol. The van der Waals surface area contributed by atoms with Crippen LogP contribution in [0.2, 0.25) is 0 Å². The van der Waals surface area contributed by atoms with Crippen molar-refractivity contribution in [2.75, 3.05) is 11.9 Å². The molecule has 7 nitrogen and oxygen atoms in total. The first-order chi connectivity index (χ1) is 10.0. The molecule has 0 aliphatic rings. The second kappa shape index (κ2) is 6.68. The highest BCUT2D eigenvalue weighted by Gasteiger charge is 2.15. The third-order valence-corrected chi connectivity index (χ3v) is 4.08. The molecule has 114 valence electrons. The lowest BCUT2D eigenvalue weighted by Crippen LogP contribution is -2.23. The zero-order valence-electron chi connectivity index (χ0n) is 12.0. The molecule has 0 bridgehead atoms. The van der Waals surface area contributed by atoms with Gasteiger partial charge in [-0.15, -0.1) is 0 Å². The van der Waals surface area contributed by atoms with Crippen molar-refractivity contribution in [3.8, 4) is 0 Å². The molecule has 0 fully saturated rings. The van der Waals surface area contributed by atoms with E-state index >= 15 is 0 Å². The van der Waals surface area contributed by atoms with Gasteiger partial charge in [-0.2, -0.15) is 0 Å². The van der Waals surface area contributed by atoms with Crippen LogP contribution in [-0.2, 0) is 16.6 Å². The van der Waals surface area contributed by atoms with Crippen molar-refractivity contribution in [1.82, 2.24) is 14.7 Å². The molecule has 8 heteroatoms. The van der Waals surface area contributed by atoms with E-state index in [0.717, 1.165) is 13.0 Å². The highest BCUT2D eigenvalue weighted by Crippen LogP contribution is 2.13. The second-order valence-corrected chi connectivity index (χ2v) is 6.26. The van der Waals surface area contributed by atoms with E-state index in [1.165, 1.54) is 18.3 Å². The monoisotopic (exact) mass is 310 g/mol. The summed E-state index contributed by atoms with van der Waals surface area (Å²) < 4.78 is 32.1. The molecule has 0 atom stereocenters. The van der Waals surface area contributed by atoms with Crippen LogP contribution in [0.4, 0.5) is 5.82 Å². The molecule has 0 aromatic carbocycles. The fraction of sp³-hybridized carbons (Fsp3) is 0.385. The first kappa shape index (κ1) is 15.5. The van der Waals surface area contributed by atoms with Crippen molar-refractivity contribution in [1.29, 1.82) is 0 Å². The number of oxazole rings is 1. The van der Waals surface area contributed by atoms with Crippen LogP contribution in [-0.4, -0.2) is 24.9 Å². The van der Waals surface area contributed by atoms with Gasteiger partial charge in [0.1, 0.15) is 11.6 Å². The molecule has 0 saturated heterocycles. The number of aromatic nitrogens is 2. The molecule has 0 radical (unpaired) electrons. The first-order valence-electron chi connectivity index (χ1n) is 6.62. The van der Waals surface area contributed by atoms with Gasteiger partial charge in [-0.1, -0.05) is 6.92 Å². The highest BCUT2D eigenvalue weighted by atomic mass is 32.2. The summed E-state index contributed by atoms with van der Waals surface area (Å²) in [6.07, 6.45) is 3.94. The Balaban J connectivity index is 2.08. The number of pyridine rings is 1. The third-order valence-electron chi connectivity index (χ3n) is 2.68. The maximum absolute atomic E-state index is 12.2. The average molecular weight is 310 g/mol. The normalized spacial score (nSPS) is 11.5. The summed E-state index contributed by atoms with van der Waals surface area (Å²) in [6, 6.07) is 2.94. The van der Waals surface area contributed by atoms with Crippen LogP contribution < -0.4 is 10.0 Å². The van der Waals surface area contributed by atoms with E-state index in [4.69, 9.17) is 4.42 Å². The van der Waals surface area contributed by atoms with Crippen LogP contribution in [0.25, 0.3) is 0 Å². The molecule has 2 aromatic heterocycles. The molecule has 2 heterocycles. The van der Waals surface area contributed by atoms with Crippen LogP contribution in [0.3, 0.4) is 0 Å². The average Bonchev–Trinajstić information content (AvgIpc) is 2.89. The Morgan fingerprint density at radius 3 is 2.81 bits per heavy atom. The molecule has 21 heavy (non-hydrogen) atoms. The number of aryl methyl sites for hydroxylation is 1. The van der Waals surface area contributed by atoms with Crippen molar-refractivity contribution in [2.24, 2.45) is 0 Å². The molecule has 0 amide bonds. The van der Waals surface area contributed by atoms with Crippen molar-refractivity contribution in [3.05, 3.63) is 36.2 Å². The standard InChI is InChI=1S/C13H18N4O3S/c1-3-5-14-12-7-11(4-6-15-12)21(18,19)17-9-13-16-8-10(2)20-13/h4,6-8,17H,3,5,9H2,1-2H3,(H,14,15). The lowest BCUT2D eigenvalue weighted by atomic mass is 10.4. The molecular weight excluding hydrogens is 292 g/mol. The van der Waals surface area contributed by atoms with Crippen molar-refractivity contribution < 1.29 is 12.8 Å². The van der Waals surface area contributed by atoms with E-state index in [1.807, 2.05) is 6.92 Å². The summed E-state index contributed by atoms with van der Waals surface area (Å²) in [7, 11) is -3.63. The summed E-state index contributed by atoms with van der Waals surface area (Å²) >= 11 is 0. The molecule has 0 aliphatic carbocycles. The second-order valence-electron chi connectivity index (χ2n) is 4.49. The number of hydrogen-bond acceptors (Lipinski definition) is 6. The van der Waals surface area contributed by atoms with Crippen LogP contribution >= 0.6 is 0 Å². The molecule has 0 saturated carbocycles. The van der Waals surface area contributed by atoms with E-state index in [2.05, 4.69) is 20.0 Å². The molecule has 0 unspecified atom stereocenters. The van der Waals surface area contributed by atoms with Crippen LogP contribution in [0.15, 0.2) is 33.8 Å². The number of sulfonamides is 1. The van der Waals surface area contributed by atoms with Crippen LogP contribution in [0.5, 0.6) is 0 Å². The van der Waals surface area contributed by atoms with Gasteiger partial charge in [0.15, 0.2) is 0 Å². The summed E-state index contributed by atoms with van der Waals surface area (Å²) in [5.74, 6) is 1.50. The van der Waals surface area contributed by atoms with Crippen LogP contribution in [0, 0.1) is 6.92 Å². The number of anilines is 1. The zero-order valence-corrected chi connectivity index (χ0v) is 12.8. The number of rotatable bonds is 7. The van der Waals surface area contributed by atoms with Gasteiger partial charge in [0.2, 0.25) is 15.9 Å². The lowest BCUT2D eigenvalue weighted by molar-refractivity contribution is 0.463. The summed E-state index contributed by atoms with van der Waals surface area (Å²) in [5, 5.41) is 3.05. The number of nitrogens with zero attached hydrogens (tertiary/aromatic N) is 2. The van der Waals surface area contributed by atoms with Crippen LogP contribution in [0.1, 0.15) is 25.0 Å². The fourth-order valence-electron chi connectivity index (χ4n) is 1.65. The Morgan fingerprint density at radius 1 is 1.33 bits per heavy atom. The summed E-state index contributed by atoms with van der Waals surface area (Å²) in [5.41, 5.74) is 0. The molecular formula is C13H18N4O3S. The molecule has 2 aromatic rings. The summed E-state index contributed by atoms with van der Waals surface area (Å²) in [6.45, 7) is 4.52. The zero-order chi connectivity index (χ0) is 15.3. The Hall–Kier alpha value is -1.93. The maximum atomic E-state index is 12.2. The Labute approximate surface area is 123 Å². The topological polar surface area (TPSA) is 97.1 Å². The largest absolute Gasteiger partial charge is 0.445 e. The number of hydrogen-bond donors (Lipinski definition) is 2. The first-order valence-corrected chi connectivity index (χ1v) is 8.10. The van der Waals surface area contributed by atoms with E-state index in [9.17, 15) is 8.42 Å². The van der Waals surface area contributed by atoms with E-state index in [1.54, 1.807) is 13.1 Å². The Morgan fingerprint density at radius 2 is 2.14 bits per heavy atom. The fourth-order valence-corrected chi connectivity index (χ4v) is 2.64. The maximum Gasteiger partial charge on any atom is 0.241 e. The van der Waals surface area contributed by atoms with Crippen molar-refractivity contribution in [3.63, 3.8) is 0 Å². The lowest BCUT2D eigenvalue weighted by Gasteiger charge is -2.07. The quantitative estimate of drug-likeness (QED) is 0.807. The predicted octanol–water partition coefficient (Wildman–Crippen LogP) is 1.68. The van der Waals surface area contributed by atoms with Crippen molar-refractivity contribution >= 4 is 15.8 Å². The minimum atomic E-state index is -3.63. The van der Waals surface area contributed by atoms with E-state index < -0.39 is 10.0 Å². The van der Waals surface area contributed by atoms with Gasteiger partial charge in [0, 0.05) is 18.8 Å².